The lowest BCUT2D eigenvalue weighted by Gasteiger charge is -2.40. The Bertz CT molecular complexity index is 988. The van der Waals surface area contributed by atoms with E-state index in [0.29, 0.717) is 44.2 Å². The van der Waals surface area contributed by atoms with Gasteiger partial charge in [0.25, 0.3) is 5.91 Å². The quantitative estimate of drug-likeness (QED) is 0.529. The van der Waals surface area contributed by atoms with Gasteiger partial charge in [0.05, 0.1) is 6.20 Å². The molecule has 0 saturated carbocycles. The summed E-state index contributed by atoms with van der Waals surface area (Å²) in [4.78, 5) is 21.6. The van der Waals surface area contributed by atoms with E-state index < -0.39 is 12.0 Å². The van der Waals surface area contributed by atoms with Gasteiger partial charge in [0.15, 0.2) is 0 Å². The van der Waals surface area contributed by atoms with E-state index in [1.54, 1.807) is 7.11 Å². The lowest BCUT2D eigenvalue weighted by Crippen LogP contribution is -2.55. The van der Waals surface area contributed by atoms with Crippen molar-refractivity contribution >= 4 is 11.7 Å². The number of nitrogens with zero attached hydrogens (tertiary/aromatic N) is 3. The third-order valence-corrected chi connectivity index (χ3v) is 7.45. The van der Waals surface area contributed by atoms with Crippen molar-refractivity contribution in [3.05, 3.63) is 54.2 Å². The van der Waals surface area contributed by atoms with Crippen molar-refractivity contribution in [3.8, 4) is 5.75 Å². The zero-order valence-electron chi connectivity index (χ0n) is 21.2. The number of piperidine rings is 2. The molecule has 0 atom stereocenters. The Morgan fingerprint density at radius 1 is 1.08 bits per heavy atom. The minimum atomic E-state index is -4.75. The van der Waals surface area contributed by atoms with Crippen molar-refractivity contribution in [2.45, 2.75) is 50.6 Å². The molecule has 0 aliphatic carbocycles. The molecule has 0 radical (unpaired) electrons. The number of pyridine rings is 1. The molecule has 0 spiro atoms. The number of ether oxygens (including phenoxy) is 2. The number of hydrogen-bond acceptors (Lipinski definition) is 6. The van der Waals surface area contributed by atoms with Crippen LogP contribution in [0.4, 0.5) is 19.0 Å². The lowest BCUT2D eigenvalue weighted by atomic mass is 9.89. The van der Waals surface area contributed by atoms with Crippen molar-refractivity contribution in [2.24, 2.45) is 5.92 Å². The minimum absolute atomic E-state index is 0.0990. The molecule has 1 N–H and O–H groups in total. The summed E-state index contributed by atoms with van der Waals surface area (Å²) in [5.74, 6) is 0.681. The number of aromatic nitrogens is 1. The van der Waals surface area contributed by atoms with Crippen molar-refractivity contribution in [2.75, 3.05) is 44.7 Å². The summed E-state index contributed by atoms with van der Waals surface area (Å²) in [7, 11) is 1.55. The zero-order valence-corrected chi connectivity index (χ0v) is 21.2. The van der Waals surface area contributed by atoms with Gasteiger partial charge >= 0.3 is 6.36 Å². The highest BCUT2D eigenvalue weighted by atomic mass is 19.4. The predicted molar refractivity (Wildman–Crippen MR) is 134 cm³/mol. The summed E-state index contributed by atoms with van der Waals surface area (Å²) in [6, 6.07) is 13.3. The lowest BCUT2D eigenvalue weighted by molar-refractivity contribution is -0.274. The Labute approximate surface area is 215 Å². The smallest absolute Gasteiger partial charge is 0.404 e. The average Bonchev–Trinajstić information content (AvgIpc) is 2.90. The van der Waals surface area contributed by atoms with Crippen molar-refractivity contribution < 1.29 is 27.4 Å². The number of nitrogens with one attached hydrogen (secondary N) is 1. The Morgan fingerprint density at radius 2 is 1.78 bits per heavy atom. The van der Waals surface area contributed by atoms with Crippen LogP contribution in [0.3, 0.4) is 0 Å². The van der Waals surface area contributed by atoms with Gasteiger partial charge in [-0.1, -0.05) is 30.3 Å². The van der Waals surface area contributed by atoms with Crippen LogP contribution in [-0.2, 0) is 16.1 Å². The monoisotopic (exact) mass is 520 g/mol. The van der Waals surface area contributed by atoms with E-state index >= 15 is 0 Å². The fourth-order valence-electron chi connectivity index (χ4n) is 5.20. The second kappa shape index (κ2) is 12.1. The van der Waals surface area contributed by atoms with E-state index in [0.717, 1.165) is 45.1 Å². The number of halogens is 3. The van der Waals surface area contributed by atoms with Crippen LogP contribution in [0.15, 0.2) is 48.7 Å². The van der Waals surface area contributed by atoms with E-state index in [2.05, 4.69) is 44.2 Å². The molecule has 0 bridgehead atoms. The maximum Gasteiger partial charge on any atom is 0.573 e. The van der Waals surface area contributed by atoms with Crippen LogP contribution in [0.1, 0.15) is 37.7 Å². The molecular weight excluding hydrogens is 485 g/mol. The summed E-state index contributed by atoms with van der Waals surface area (Å²) in [5, 5.41) is 3.09. The fraction of sp³-hybridized carbons (Fsp3) is 0.556. The third kappa shape index (κ3) is 7.58. The number of anilines is 1. The fourth-order valence-corrected chi connectivity index (χ4v) is 5.20. The highest BCUT2D eigenvalue weighted by molar-refractivity contribution is 5.85. The van der Waals surface area contributed by atoms with E-state index in [9.17, 15) is 18.0 Å². The molecular formula is C27H35F3N4O3. The number of benzene rings is 1. The molecule has 0 unspecified atom stereocenters. The molecule has 4 rings (SSSR count). The summed E-state index contributed by atoms with van der Waals surface area (Å²) < 4.78 is 46.7. The summed E-state index contributed by atoms with van der Waals surface area (Å²) in [5.41, 5.74) is 0.432. The number of alkyl halides is 3. The van der Waals surface area contributed by atoms with Gasteiger partial charge in [0.1, 0.15) is 17.2 Å². The van der Waals surface area contributed by atoms with Gasteiger partial charge in [-0.05, 0) is 56.0 Å². The molecule has 2 saturated heterocycles. The molecule has 2 aliphatic heterocycles. The molecule has 3 heterocycles. The number of likely N-dealkylation sites (tertiary alicyclic amines) is 1. The van der Waals surface area contributed by atoms with Crippen molar-refractivity contribution in [3.63, 3.8) is 0 Å². The normalized spacial score (nSPS) is 19.0. The maximum absolute atomic E-state index is 13.1. The minimum Gasteiger partial charge on any atom is -0.404 e. The first-order valence-electron chi connectivity index (χ1n) is 12.8. The van der Waals surface area contributed by atoms with Crippen molar-refractivity contribution in [1.82, 2.24) is 15.2 Å². The highest BCUT2D eigenvalue weighted by Gasteiger charge is 2.42. The van der Waals surface area contributed by atoms with Gasteiger partial charge in [-0.15, -0.1) is 13.2 Å². The standard InChI is InChI=1S/C27H35F3N4O3/c1-36-26(12-17-34(18-13-26)24-8-7-23(19-32-24)37-27(28,29)30)25(35)31-14-9-21-10-15-33(16-11-21)20-22-5-3-2-4-6-22/h2-8,19,21H,9-18,20H2,1H3,(H,31,35). The average molecular weight is 521 g/mol. The third-order valence-electron chi connectivity index (χ3n) is 7.45. The Kier molecular flexibility index (Phi) is 8.91. The van der Waals surface area contributed by atoms with Gasteiger partial charge in [-0.2, -0.15) is 0 Å². The number of carbonyl (C=O) groups excluding carboxylic acids is 1. The van der Waals surface area contributed by atoms with Gasteiger partial charge in [0, 0.05) is 46.1 Å². The molecule has 1 aromatic carbocycles. The largest absolute Gasteiger partial charge is 0.573 e. The van der Waals surface area contributed by atoms with E-state index in [1.807, 2.05) is 11.0 Å². The Hall–Kier alpha value is -2.85. The Balaban J connectivity index is 1.18. The first-order valence-corrected chi connectivity index (χ1v) is 12.8. The zero-order chi connectivity index (χ0) is 26.3. The van der Waals surface area contributed by atoms with Crippen LogP contribution in [0.25, 0.3) is 0 Å². The maximum atomic E-state index is 13.1. The van der Waals surface area contributed by atoms with Crippen LogP contribution in [-0.4, -0.2) is 67.6 Å². The van der Waals surface area contributed by atoms with Crippen LogP contribution < -0.4 is 15.0 Å². The van der Waals surface area contributed by atoms with Gasteiger partial charge < -0.3 is 19.7 Å². The molecule has 1 amide bonds. The summed E-state index contributed by atoms with van der Waals surface area (Å²) in [6.45, 7) is 4.77. The molecule has 7 nitrogen and oxygen atoms in total. The molecule has 2 aliphatic rings. The number of hydrogen-bond donors (Lipinski definition) is 1. The molecule has 37 heavy (non-hydrogen) atoms. The van der Waals surface area contributed by atoms with Crippen molar-refractivity contribution in [1.29, 1.82) is 0 Å². The van der Waals surface area contributed by atoms with Crippen LogP contribution >= 0.6 is 0 Å². The number of rotatable bonds is 9. The van der Waals surface area contributed by atoms with E-state index in [4.69, 9.17) is 4.74 Å². The topological polar surface area (TPSA) is 66.9 Å². The molecule has 202 valence electrons. The number of carbonyl (C=O) groups is 1. The SMILES string of the molecule is COC1(C(=O)NCCC2CCN(Cc3ccccc3)CC2)CCN(c2ccc(OC(F)(F)F)cn2)CC1. The second-order valence-electron chi connectivity index (χ2n) is 9.84. The first-order chi connectivity index (χ1) is 17.8. The van der Waals surface area contributed by atoms with Gasteiger partial charge in [0.2, 0.25) is 0 Å². The van der Waals surface area contributed by atoms with Gasteiger partial charge in [-0.25, -0.2) is 4.98 Å². The molecule has 1 aromatic heterocycles. The van der Waals surface area contributed by atoms with Crippen LogP contribution in [0, 0.1) is 5.92 Å². The number of amides is 1. The van der Waals surface area contributed by atoms with E-state index in [-0.39, 0.29) is 11.7 Å². The number of methoxy groups -OCH3 is 1. The van der Waals surface area contributed by atoms with Crippen LogP contribution in [0.5, 0.6) is 5.75 Å². The molecule has 2 aromatic rings. The predicted octanol–water partition coefficient (Wildman–Crippen LogP) is 4.38. The highest BCUT2D eigenvalue weighted by Crippen LogP contribution is 2.30. The molecule has 2 fully saturated rings. The summed E-state index contributed by atoms with van der Waals surface area (Å²) >= 11 is 0. The first kappa shape index (κ1) is 27.2. The van der Waals surface area contributed by atoms with E-state index in [1.165, 1.54) is 17.7 Å². The van der Waals surface area contributed by atoms with Crippen LogP contribution in [0.2, 0.25) is 0 Å². The summed E-state index contributed by atoms with van der Waals surface area (Å²) in [6.07, 6.45) is 0.456. The second-order valence-corrected chi connectivity index (χ2v) is 9.84. The van der Waals surface area contributed by atoms with Gasteiger partial charge in [-0.3, -0.25) is 9.69 Å². The molecule has 10 heteroatoms. The Morgan fingerprint density at radius 3 is 2.38 bits per heavy atom.